The molecule has 1 aliphatic rings. The van der Waals surface area contributed by atoms with Crippen LogP contribution in [0.1, 0.15) is 44.9 Å². The number of hydrogen-bond acceptors (Lipinski definition) is 2. The van der Waals surface area contributed by atoms with E-state index in [0.29, 0.717) is 6.04 Å². The molecule has 3 rings (SSSR count). The molecule has 0 aromatic heterocycles. The zero-order chi connectivity index (χ0) is 15.0. The van der Waals surface area contributed by atoms with Gasteiger partial charge in [-0.05, 0) is 24.5 Å². The van der Waals surface area contributed by atoms with E-state index in [1.807, 2.05) is 24.3 Å². The van der Waals surface area contributed by atoms with Crippen molar-refractivity contribution in [1.29, 1.82) is 0 Å². The molecule has 1 heterocycles. The predicted octanol–water partition coefficient (Wildman–Crippen LogP) is 4.91. The van der Waals surface area contributed by atoms with Crippen molar-refractivity contribution in [3.05, 3.63) is 59.7 Å². The van der Waals surface area contributed by atoms with Crippen molar-refractivity contribution >= 4 is 0 Å². The fraction of sp³-hybridized carbons (Fsp3) is 0.368. The summed E-state index contributed by atoms with van der Waals surface area (Å²) in [6.45, 7) is 9.05. The number of para-hydroxylation sites is 2. The summed E-state index contributed by atoms with van der Waals surface area (Å²) in [6, 6.07) is 17.2. The van der Waals surface area contributed by atoms with E-state index in [-0.39, 0.29) is 11.5 Å². The molecule has 0 spiro atoms. The highest BCUT2D eigenvalue weighted by atomic mass is 16.5. The molecule has 0 fully saturated rings. The fourth-order valence-corrected chi connectivity index (χ4v) is 2.59. The SMILES string of the molecule is CC(NC1c2ccccc2Oc2ccccc21)C(C)(C)C. The highest BCUT2D eigenvalue weighted by Gasteiger charge is 2.30. The number of hydrogen-bond donors (Lipinski definition) is 1. The highest BCUT2D eigenvalue weighted by Crippen LogP contribution is 2.43. The lowest BCUT2D eigenvalue weighted by molar-refractivity contribution is 0.267. The molecule has 0 bridgehead atoms. The van der Waals surface area contributed by atoms with Crippen molar-refractivity contribution in [1.82, 2.24) is 5.32 Å². The van der Waals surface area contributed by atoms with E-state index in [1.165, 1.54) is 11.1 Å². The van der Waals surface area contributed by atoms with Crippen LogP contribution in [0, 0.1) is 5.41 Å². The van der Waals surface area contributed by atoms with E-state index in [1.54, 1.807) is 0 Å². The summed E-state index contributed by atoms with van der Waals surface area (Å²) in [4.78, 5) is 0. The van der Waals surface area contributed by atoms with Crippen LogP contribution >= 0.6 is 0 Å². The van der Waals surface area contributed by atoms with Gasteiger partial charge >= 0.3 is 0 Å². The summed E-state index contributed by atoms with van der Waals surface area (Å²) in [5.74, 6) is 1.91. The minimum Gasteiger partial charge on any atom is -0.457 e. The summed E-state index contributed by atoms with van der Waals surface area (Å²) in [5.41, 5.74) is 2.64. The van der Waals surface area contributed by atoms with Crippen molar-refractivity contribution in [2.24, 2.45) is 5.41 Å². The van der Waals surface area contributed by atoms with Gasteiger partial charge in [0.1, 0.15) is 11.5 Å². The molecule has 1 unspecified atom stereocenters. The molecule has 110 valence electrons. The van der Waals surface area contributed by atoms with E-state index in [0.717, 1.165) is 11.5 Å². The summed E-state index contributed by atoms with van der Waals surface area (Å²) < 4.78 is 6.03. The van der Waals surface area contributed by atoms with E-state index in [2.05, 4.69) is 57.3 Å². The summed E-state index contributed by atoms with van der Waals surface area (Å²) >= 11 is 0. The second-order valence-electron chi connectivity index (χ2n) is 6.87. The molecule has 2 aromatic rings. The van der Waals surface area contributed by atoms with Crippen LogP contribution in [-0.4, -0.2) is 6.04 Å². The zero-order valence-corrected chi connectivity index (χ0v) is 13.2. The first-order valence-corrected chi connectivity index (χ1v) is 7.58. The summed E-state index contributed by atoms with van der Waals surface area (Å²) in [5, 5.41) is 3.79. The number of fused-ring (bicyclic) bond motifs is 2. The second-order valence-corrected chi connectivity index (χ2v) is 6.87. The molecule has 1 N–H and O–H groups in total. The number of benzene rings is 2. The fourth-order valence-electron chi connectivity index (χ4n) is 2.59. The maximum Gasteiger partial charge on any atom is 0.132 e. The Morgan fingerprint density at radius 2 is 1.38 bits per heavy atom. The van der Waals surface area contributed by atoms with Crippen molar-refractivity contribution in [2.75, 3.05) is 0 Å². The molecule has 1 atom stereocenters. The van der Waals surface area contributed by atoms with Crippen molar-refractivity contribution in [3.8, 4) is 11.5 Å². The first-order valence-electron chi connectivity index (χ1n) is 7.58. The molecule has 21 heavy (non-hydrogen) atoms. The van der Waals surface area contributed by atoms with Gasteiger partial charge in [-0.15, -0.1) is 0 Å². The maximum absolute atomic E-state index is 6.03. The minimum atomic E-state index is 0.181. The van der Waals surface area contributed by atoms with Gasteiger partial charge in [-0.3, -0.25) is 0 Å². The quantitative estimate of drug-likeness (QED) is 0.844. The Balaban J connectivity index is 2.03. The second kappa shape index (κ2) is 5.19. The van der Waals surface area contributed by atoms with Gasteiger partial charge < -0.3 is 10.1 Å². The van der Waals surface area contributed by atoms with Crippen molar-refractivity contribution in [3.63, 3.8) is 0 Å². The Hall–Kier alpha value is -1.80. The molecule has 0 saturated heterocycles. The third kappa shape index (κ3) is 2.68. The van der Waals surface area contributed by atoms with Crippen LogP contribution in [0.2, 0.25) is 0 Å². The van der Waals surface area contributed by atoms with Gasteiger partial charge in [0.15, 0.2) is 0 Å². The number of rotatable bonds is 2. The normalized spacial score (nSPS) is 15.8. The lowest BCUT2D eigenvalue weighted by Crippen LogP contribution is -2.41. The Morgan fingerprint density at radius 3 is 1.86 bits per heavy atom. The zero-order valence-electron chi connectivity index (χ0n) is 13.2. The molecule has 0 aliphatic carbocycles. The van der Waals surface area contributed by atoms with Crippen molar-refractivity contribution < 1.29 is 4.74 Å². The Kier molecular flexibility index (Phi) is 3.50. The van der Waals surface area contributed by atoms with Gasteiger partial charge in [0.05, 0.1) is 6.04 Å². The van der Waals surface area contributed by atoms with E-state index in [9.17, 15) is 0 Å². The highest BCUT2D eigenvalue weighted by molar-refractivity contribution is 5.52. The third-order valence-electron chi connectivity index (χ3n) is 4.40. The van der Waals surface area contributed by atoms with Gasteiger partial charge in [0, 0.05) is 17.2 Å². The Morgan fingerprint density at radius 1 is 0.905 bits per heavy atom. The van der Waals surface area contributed by atoms with E-state index in [4.69, 9.17) is 4.74 Å². The Bertz CT molecular complexity index is 597. The average Bonchev–Trinajstić information content (AvgIpc) is 2.46. The van der Waals surface area contributed by atoms with Gasteiger partial charge in [0.2, 0.25) is 0 Å². The first kappa shape index (κ1) is 14.2. The molecule has 0 radical (unpaired) electrons. The van der Waals surface area contributed by atoms with E-state index < -0.39 is 0 Å². The molecule has 0 saturated carbocycles. The summed E-state index contributed by atoms with van der Waals surface area (Å²) in [6.07, 6.45) is 0. The number of nitrogens with one attached hydrogen (secondary N) is 1. The minimum absolute atomic E-state index is 0.181. The third-order valence-corrected chi connectivity index (χ3v) is 4.40. The van der Waals surface area contributed by atoms with Crippen molar-refractivity contribution in [2.45, 2.75) is 39.8 Å². The van der Waals surface area contributed by atoms with Crippen LogP contribution in [0.5, 0.6) is 11.5 Å². The smallest absolute Gasteiger partial charge is 0.132 e. The van der Waals surface area contributed by atoms with E-state index >= 15 is 0 Å². The van der Waals surface area contributed by atoms with Crippen LogP contribution in [0.25, 0.3) is 0 Å². The standard InChI is InChI=1S/C19H23NO/c1-13(19(2,3)4)20-18-14-9-5-7-11-16(14)21-17-12-8-6-10-15(17)18/h5-13,18,20H,1-4H3. The first-order chi connectivity index (χ1) is 9.97. The Labute approximate surface area is 127 Å². The molecule has 1 aliphatic heterocycles. The molecular formula is C19H23NO. The lowest BCUT2D eigenvalue weighted by Gasteiger charge is -2.35. The molecule has 0 amide bonds. The van der Waals surface area contributed by atoms with Crippen LogP contribution in [-0.2, 0) is 0 Å². The van der Waals surface area contributed by atoms with Gasteiger partial charge in [-0.25, -0.2) is 0 Å². The topological polar surface area (TPSA) is 21.3 Å². The van der Waals surface area contributed by atoms with Crippen LogP contribution < -0.4 is 10.1 Å². The molecular weight excluding hydrogens is 258 g/mol. The van der Waals surface area contributed by atoms with Crippen LogP contribution in [0.4, 0.5) is 0 Å². The predicted molar refractivity (Wildman–Crippen MR) is 86.9 cm³/mol. The average molecular weight is 281 g/mol. The molecule has 2 nitrogen and oxygen atoms in total. The van der Waals surface area contributed by atoms with Crippen LogP contribution in [0.15, 0.2) is 48.5 Å². The van der Waals surface area contributed by atoms with Crippen LogP contribution in [0.3, 0.4) is 0 Å². The summed E-state index contributed by atoms with van der Waals surface area (Å²) in [7, 11) is 0. The molecule has 2 heteroatoms. The van der Waals surface area contributed by atoms with Gasteiger partial charge in [-0.2, -0.15) is 0 Å². The lowest BCUT2D eigenvalue weighted by atomic mass is 9.85. The van der Waals surface area contributed by atoms with Gasteiger partial charge in [0.25, 0.3) is 0 Å². The monoisotopic (exact) mass is 281 g/mol. The largest absolute Gasteiger partial charge is 0.457 e. The number of ether oxygens (including phenoxy) is 1. The maximum atomic E-state index is 6.03. The molecule has 2 aromatic carbocycles. The van der Waals surface area contributed by atoms with Gasteiger partial charge in [-0.1, -0.05) is 57.2 Å².